The molecule has 2 aromatic rings. The number of amides is 2. The summed E-state index contributed by atoms with van der Waals surface area (Å²) >= 11 is 2.91. The van der Waals surface area contributed by atoms with E-state index >= 15 is 0 Å². The van der Waals surface area contributed by atoms with Crippen molar-refractivity contribution < 1.29 is 28.7 Å². The third kappa shape index (κ3) is 7.28. The molecule has 0 saturated carbocycles. The van der Waals surface area contributed by atoms with Crippen LogP contribution in [0.25, 0.3) is 0 Å². The van der Waals surface area contributed by atoms with Gasteiger partial charge in [-0.15, -0.1) is 22.7 Å². The maximum atomic E-state index is 12.8. The number of hydrogen-bond donors (Lipinski definition) is 2. The molecule has 2 heterocycles. The van der Waals surface area contributed by atoms with Gasteiger partial charge in [0.05, 0.1) is 23.3 Å². The molecule has 4 rings (SSSR count). The number of rotatable bonds is 10. The molecule has 39 heavy (non-hydrogen) atoms. The van der Waals surface area contributed by atoms with Gasteiger partial charge in [-0.3, -0.25) is 9.59 Å². The van der Waals surface area contributed by atoms with Gasteiger partial charge >= 0.3 is 11.9 Å². The van der Waals surface area contributed by atoms with E-state index in [2.05, 4.69) is 10.6 Å². The van der Waals surface area contributed by atoms with E-state index in [9.17, 15) is 19.2 Å². The highest BCUT2D eigenvalue weighted by Gasteiger charge is 2.29. The third-order valence-corrected chi connectivity index (χ3v) is 9.16. The molecule has 2 aliphatic carbocycles. The fraction of sp³-hybridized carbons (Fsp3) is 0.586. The van der Waals surface area contributed by atoms with E-state index in [1.165, 1.54) is 22.7 Å². The van der Waals surface area contributed by atoms with Crippen molar-refractivity contribution in [2.24, 2.45) is 0 Å². The van der Waals surface area contributed by atoms with Crippen molar-refractivity contribution in [2.75, 3.05) is 10.6 Å². The number of carbonyl (C=O) groups excluding carboxylic acids is 4. The van der Waals surface area contributed by atoms with E-state index in [1.54, 1.807) is 0 Å². The minimum atomic E-state index is -0.399. The lowest BCUT2D eigenvalue weighted by Gasteiger charge is -2.14. The van der Waals surface area contributed by atoms with Gasteiger partial charge in [-0.1, -0.05) is 0 Å². The lowest BCUT2D eigenvalue weighted by atomic mass is 9.95. The van der Waals surface area contributed by atoms with E-state index in [0.717, 1.165) is 72.2 Å². The third-order valence-electron chi connectivity index (χ3n) is 6.75. The Bertz CT molecular complexity index is 1150. The van der Waals surface area contributed by atoms with Gasteiger partial charge in [0.2, 0.25) is 11.8 Å². The standard InChI is InChI=1S/C29H38N2O6S2/c1-16(2)36-28(34)24-18-10-5-7-12-20(18)38-26(24)30-22(32)14-9-15-23(33)31-27-25(29(35)37-17(3)4)19-11-6-8-13-21(19)39-27/h16-17H,5-15H2,1-4H3,(H,30,32)(H,31,33). The van der Waals surface area contributed by atoms with Crippen LogP contribution in [0.15, 0.2) is 0 Å². The van der Waals surface area contributed by atoms with E-state index in [4.69, 9.17) is 9.47 Å². The number of esters is 2. The molecule has 0 aliphatic heterocycles. The van der Waals surface area contributed by atoms with Gasteiger partial charge < -0.3 is 20.1 Å². The van der Waals surface area contributed by atoms with Crippen LogP contribution in [0.1, 0.15) is 114 Å². The lowest BCUT2D eigenvalue weighted by molar-refractivity contribution is -0.117. The normalized spacial score (nSPS) is 14.5. The quantitative estimate of drug-likeness (QED) is 0.316. The summed E-state index contributed by atoms with van der Waals surface area (Å²) in [6.45, 7) is 7.23. The van der Waals surface area contributed by atoms with Crippen molar-refractivity contribution >= 4 is 56.4 Å². The van der Waals surface area contributed by atoms with Crippen LogP contribution in [-0.4, -0.2) is 36.0 Å². The zero-order chi connectivity index (χ0) is 28.1. The van der Waals surface area contributed by atoms with Crippen LogP contribution in [0.3, 0.4) is 0 Å². The van der Waals surface area contributed by atoms with E-state index in [-0.39, 0.29) is 36.9 Å². The van der Waals surface area contributed by atoms with Gasteiger partial charge in [0.15, 0.2) is 0 Å². The lowest BCUT2D eigenvalue weighted by Crippen LogP contribution is -2.19. The van der Waals surface area contributed by atoms with Gasteiger partial charge in [-0.2, -0.15) is 0 Å². The summed E-state index contributed by atoms with van der Waals surface area (Å²) in [6.07, 6.45) is 7.69. The number of fused-ring (bicyclic) bond motifs is 2. The topological polar surface area (TPSA) is 111 Å². The molecule has 0 bridgehead atoms. The maximum Gasteiger partial charge on any atom is 0.341 e. The monoisotopic (exact) mass is 574 g/mol. The Balaban J connectivity index is 1.36. The number of nitrogens with one attached hydrogen (secondary N) is 2. The Labute approximate surface area is 237 Å². The van der Waals surface area contributed by atoms with Crippen LogP contribution in [0.2, 0.25) is 0 Å². The van der Waals surface area contributed by atoms with E-state index < -0.39 is 11.9 Å². The number of hydrogen-bond acceptors (Lipinski definition) is 8. The molecule has 0 spiro atoms. The predicted octanol–water partition coefficient (Wildman–Crippen LogP) is 6.45. The van der Waals surface area contributed by atoms with Crippen LogP contribution >= 0.6 is 22.7 Å². The largest absolute Gasteiger partial charge is 0.459 e. The second-order valence-corrected chi connectivity index (χ2v) is 12.9. The molecule has 212 valence electrons. The molecule has 0 fully saturated rings. The summed E-state index contributed by atoms with van der Waals surface area (Å²) in [6, 6.07) is 0. The molecule has 0 atom stereocenters. The molecular weight excluding hydrogens is 536 g/mol. The van der Waals surface area contributed by atoms with Gasteiger partial charge in [-0.05, 0) is 96.6 Å². The molecule has 2 aliphatic rings. The van der Waals surface area contributed by atoms with Crippen LogP contribution < -0.4 is 10.6 Å². The maximum absolute atomic E-state index is 12.8. The smallest absolute Gasteiger partial charge is 0.341 e. The number of carbonyl (C=O) groups is 4. The summed E-state index contributed by atoms with van der Waals surface area (Å²) in [5.41, 5.74) is 2.96. The average Bonchev–Trinajstić information content (AvgIpc) is 3.40. The highest BCUT2D eigenvalue weighted by Crippen LogP contribution is 2.40. The zero-order valence-corrected chi connectivity index (χ0v) is 24.8. The summed E-state index contributed by atoms with van der Waals surface area (Å²) in [4.78, 5) is 53.5. The Morgan fingerprint density at radius 1 is 0.667 bits per heavy atom. The van der Waals surface area contributed by atoms with Crippen LogP contribution in [0.4, 0.5) is 10.0 Å². The first-order valence-corrected chi connectivity index (χ1v) is 15.6. The Morgan fingerprint density at radius 2 is 1.05 bits per heavy atom. The molecule has 0 radical (unpaired) electrons. The van der Waals surface area contributed by atoms with Crippen molar-refractivity contribution in [3.8, 4) is 0 Å². The molecule has 0 unspecified atom stereocenters. The summed E-state index contributed by atoms with van der Waals surface area (Å²) in [7, 11) is 0. The molecule has 10 heteroatoms. The molecular formula is C29H38N2O6S2. The number of anilines is 2. The second kappa shape index (κ2) is 13.1. The molecule has 8 nitrogen and oxygen atoms in total. The van der Waals surface area contributed by atoms with Gasteiger partial charge in [0.1, 0.15) is 10.0 Å². The molecule has 2 N–H and O–H groups in total. The van der Waals surface area contributed by atoms with Crippen molar-refractivity contribution in [1.29, 1.82) is 0 Å². The van der Waals surface area contributed by atoms with Gasteiger partial charge in [0, 0.05) is 22.6 Å². The number of ether oxygens (including phenoxy) is 2. The average molecular weight is 575 g/mol. The fourth-order valence-electron chi connectivity index (χ4n) is 5.07. The first-order chi connectivity index (χ1) is 18.6. The van der Waals surface area contributed by atoms with Gasteiger partial charge in [-0.25, -0.2) is 9.59 Å². The molecule has 0 aromatic carbocycles. The van der Waals surface area contributed by atoms with Crippen LogP contribution in [0, 0.1) is 0 Å². The highest BCUT2D eigenvalue weighted by atomic mass is 32.1. The predicted molar refractivity (Wildman–Crippen MR) is 154 cm³/mol. The zero-order valence-electron chi connectivity index (χ0n) is 23.2. The first kappa shape index (κ1) is 29.3. The first-order valence-electron chi connectivity index (χ1n) is 13.9. The van der Waals surface area contributed by atoms with Crippen LogP contribution in [0.5, 0.6) is 0 Å². The van der Waals surface area contributed by atoms with Crippen molar-refractivity contribution in [3.05, 3.63) is 32.0 Å². The molecule has 0 saturated heterocycles. The fourth-order valence-corrected chi connectivity index (χ4v) is 7.66. The summed E-state index contributed by atoms with van der Waals surface area (Å²) in [5, 5.41) is 6.90. The number of thiophene rings is 2. The Morgan fingerprint density at radius 3 is 1.44 bits per heavy atom. The van der Waals surface area contributed by atoms with Gasteiger partial charge in [0.25, 0.3) is 0 Å². The van der Waals surface area contributed by atoms with Crippen molar-refractivity contribution in [2.45, 2.75) is 111 Å². The SMILES string of the molecule is CC(C)OC(=O)c1c(NC(=O)CCCC(=O)Nc2sc3c(c2C(=O)OC(C)C)CCCC3)sc2c1CCCC2. The summed E-state index contributed by atoms with van der Waals surface area (Å²) < 4.78 is 10.9. The Kier molecular flexibility index (Phi) is 9.82. The van der Waals surface area contributed by atoms with E-state index in [1.807, 2.05) is 27.7 Å². The summed E-state index contributed by atoms with van der Waals surface area (Å²) in [5.74, 6) is -1.28. The minimum absolute atomic E-state index is 0.137. The number of aryl methyl sites for hydroxylation is 2. The Hall–Kier alpha value is -2.72. The van der Waals surface area contributed by atoms with Crippen molar-refractivity contribution in [1.82, 2.24) is 0 Å². The van der Waals surface area contributed by atoms with Crippen molar-refractivity contribution in [3.63, 3.8) is 0 Å². The highest BCUT2D eigenvalue weighted by molar-refractivity contribution is 7.17. The van der Waals surface area contributed by atoms with Crippen LogP contribution in [-0.2, 0) is 44.7 Å². The minimum Gasteiger partial charge on any atom is -0.459 e. The second-order valence-electron chi connectivity index (χ2n) is 10.7. The molecule has 2 amide bonds. The molecule has 2 aromatic heterocycles. The van der Waals surface area contributed by atoms with E-state index in [0.29, 0.717) is 27.5 Å².